The first-order chi connectivity index (χ1) is 12.0. The highest BCUT2D eigenvalue weighted by Crippen LogP contribution is 2.22. The summed E-state index contributed by atoms with van der Waals surface area (Å²) in [5, 5.41) is 0.990. The summed E-state index contributed by atoms with van der Waals surface area (Å²) in [6.45, 7) is 0.646. The third kappa shape index (κ3) is 6.25. The summed E-state index contributed by atoms with van der Waals surface area (Å²) in [7, 11) is 0. The van der Waals surface area contributed by atoms with Crippen LogP contribution in [0.2, 0.25) is 10.0 Å². The highest BCUT2D eigenvalue weighted by molar-refractivity contribution is 6.35. The van der Waals surface area contributed by atoms with Gasteiger partial charge in [0.2, 0.25) is 11.8 Å². The number of rotatable bonds is 7. The van der Waals surface area contributed by atoms with Gasteiger partial charge < -0.3 is 10.6 Å². The lowest BCUT2D eigenvalue weighted by Gasteiger charge is -2.20. The molecule has 0 saturated carbocycles. The molecule has 0 fully saturated rings. The van der Waals surface area contributed by atoms with Crippen LogP contribution in [-0.2, 0) is 16.1 Å². The van der Waals surface area contributed by atoms with E-state index in [2.05, 4.69) is 0 Å². The van der Waals surface area contributed by atoms with Gasteiger partial charge in [-0.15, -0.1) is 0 Å². The second-order valence-corrected chi connectivity index (χ2v) is 6.30. The van der Waals surface area contributed by atoms with E-state index in [9.17, 15) is 9.59 Å². The van der Waals surface area contributed by atoms with Crippen LogP contribution in [0.5, 0.6) is 0 Å². The van der Waals surface area contributed by atoms with Crippen LogP contribution in [-0.4, -0.2) is 23.3 Å². The summed E-state index contributed by atoms with van der Waals surface area (Å²) in [5.41, 5.74) is 6.87. The van der Waals surface area contributed by atoms with Crippen LogP contribution in [0.25, 0.3) is 6.08 Å². The van der Waals surface area contributed by atoms with Gasteiger partial charge in [-0.05, 0) is 29.3 Å². The van der Waals surface area contributed by atoms with E-state index in [1.54, 1.807) is 29.2 Å². The number of halogens is 2. The second kappa shape index (κ2) is 9.25. The molecule has 0 aromatic heterocycles. The molecule has 0 saturated heterocycles. The van der Waals surface area contributed by atoms with Crippen LogP contribution in [0.3, 0.4) is 0 Å². The SMILES string of the molecule is NC(=O)CCN(Cc1ccccc1)C(=O)/C=C/c1ccc(Cl)cc1Cl. The number of carbonyl (C=O) groups excluding carboxylic acids is 2. The molecule has 2 N–H and O–H groups in total. The summed E-state index contributed by atoms with van der Waals surface area (Å²) in [6, 6.07) is 14.6. The highest BCUT2D eigenvalue weighted by atomic mass is 35.5. The van der Waals surface area contributed by atoms with Gasteiger partial charge in [0.1, 0.15) is 0 Å². The first-order valence-electron chi connectivity index (χ1n) is 7.70. The number of hydrogen-bond donors (Lipinski definition) is 1. The zero-order chi connectivity index (χ0) is 18.2. The third-order valence-corrected chi connectivity index (χ3v) is 4.09. The third-order valence-electron chi connectivity index (χ3n) is 3.52. The predicted octanol–water partition coefficient (Wildman–Crippen LogP) is 3.91. The molecular formula is C19H18Cl2N2O2. The Labute approximate surface area is 156 Å². The average Bonchev–Trinajstić information content (AvgIpc) is 2.58. The lowest BCUT2D eigenvalue weighted by atomic mass is 10.2. The molecule has 0 unspecified atom stereocenters. The summed E-state index contributed by atoms with van der Waals surface area (Å²) in [6.07, 6.45) is 3.16. The normalized spacial score (nSPS) is 10.8. The van der Waals surface area contributed by atoms with Crippen molar-refractivity contribution in [2.75, 3.05) is 6.54 Å². The molecule has 2 rings (SSSR count). The van der Waals surface area contributed by atoms with Gasteiger partial charge in [0.05, 0.1) is 0 Å². The summed E-state index contributed by atoms with van der Waals surface area (Å²) < 4.78 is 0. The first-order valence-corrected chi connectivity index (χ1v) is 8.45. The van der Waals surface area contributed by atoms with Crippen molar-refractivity contribution in [3.63, 3.8) is 0 Å². The quantitative estimate of drug-likeness (QED) is 0.744. The van der Waals surface area contributed by atoms with Gasteiger partial charge in [0.15, 0.2) is 0 Å². The Morgan fingerprint density at radius 2 is 1.80 bits per heavy atom. The monoisotopic (exact) mass is 376 g/mol. The molecule has 0 bridgehead atoms. The van der Waals surface area contributed by atoms with Crippen LogP contribution in [0.1, 0.15) is 17.5 Å². The molecule has 0 aliphatic carbocycles. The van der Waals surface area contributed by atoms with Gasteiger partial charge in [0, 0.05) is 35.6 Å². The summed E-state index contributed by atoms with van der Waals surface area (Å²) in [4.78, 5) is 25.2. The van der Waals surface area contributed by atoms with Crippen molar-refractivity contribution in [1.29, 1.82) is 0 Å². The second-order valence-electron chi connectivity index (χ2n) is 5.46. The van der Waals surface area contributed by atoms with Gasteiger partial charge in [-0.1, -0.05) is 59.6 Å². The average molecular weight is 377 g/mol. The van der Waals surface area contributed by atoms with Crippen LogP contribution in [0.15, 0.2) is 54.6 Å². The minimum absolute atomic E-state index is 0.105. The van der Waals surface area contributed by atoms with Gasteiger partial charge in [-0.2, -0.15) is 0 Å². The smallest absolute Gasteiger partial charge is 0.246 e. The van der Waals surface area contributed by atoms with Crippen molar-refractivity contribution < 1.29 is 9.59 Å². The number of nitrogens with two attached hydrogens (primary N) is 1. The van der Waals surface area contributed by atoms with E-state index in [1.165, 1.54) is 6.08 Å². The molecule has 0 aliphatic heterocycles. The maximum atomic E-state index is 12.5. The molecule has 2 aromatic rings. The summed E-state index contributed by atoms with van der Waals surface area (Å²) >= 11 is 12.0. The molecule has 0 heterocycles. The largest absolute Gasteiger partial charge is 0.370 e. The molecule has 0 atom stereocenters. The summed E-state index contributed by atoms with van der Waals surface area (Å²) in [5.74, 6) is -0.674. The van der Waals surface area contributed by atoms with Gasteiger partial charge in [-0.3, -0.25) is 9.59 Å². The number of benzene rings is 2. The fraction of sp³-hybridized carbons (Fsp3) is 0.158. The predicted molar refractivity (Wildman–Crippen MR) is 101 cm³/mol. The molecule has 0 spiro atoms. The topological polar surface area (TPSA) is 63.4 Å². The van der Waals surface area contributed by atoms with E-state index < -0.39 is 5.91 Å². The molecule has 130 valence electrons. The van der Waals surface area contributed by atoms with E-state index >= 15 is 0 Å². The van der Waals surface area contributed by atoms with E-state index in [4.69, 9.17) is 28.9 Å². The number of nitrogens with zero attached hydrogens (tertiary/aromatic N) is 1. The van der Waals surface area contributed by atoms with E-state index in [0.29, 0.717) is 22.2 Å². The van der Waals surface area contributed by atoms with Crippen LogP contribution < -0.4 is 5.73 Å². The van der Waals surface area contributed by atoms with Gasteiger partial charge in [-0.25, -0.2) is 0 Å². The van der Waals surface area contributed by atoms with Crippen LogP contribution in [0, 0.1) is 0 Å². The Hall–Kier alpha value is -2.30. The van der Waals surface area contributed by atoms with Gasteiger partial charge >= 0.3 is 0 Å². The molecule has 4 nitrogen and oxygen atoms in total. The molecule has 6 heteroatoms. The Bertz CT molecular complexity index is 776. The van der Waals surface area contributed by atoms with Gasteiger partial charge in [0.25, 0.3) is 0 Å². The first kappa shape index (κ1) is 19.0. The number of carbonyl (C=O) groups is 2. The fourth-order valence-corrected chi connectivity index (χ4v) is 2.69. The zero-order valence-corrected chi connectivity index (χ0v) is 15.0. The molecule has 2 amide bonds. The number of hydrogen-bond acceptors (Lipinski definition) is 2. The maximum Gasteiger partial charge on any atom is 0.246 e. The van der Waals surface area contributed by atoms with Crippen LogP contribution in [0.4, 0.5) is 0 Å². The Balaban J connectivity index is 2.13. The number of primary amides is 1. The standard InChI is InChI=1S/C19H18Cl2N2O2/c20-16-8-6-15(17(21)12-16)7-9-19(25)23(11-10-18(22)24)13-14-4-2-1-3-5-14/h1-9,12H,10-11,13H2,(H2,22,24)/b9-7+. The maximum absolute atomic E-state index is 12.5. The van der Waals surface area contributed by atoms with Crippen molar-refractivity contribution in [2.24, 2.45) is 5.73 Å². The molecular weight excluding hydrogens is 359 g/mol. The Morgan fingerprint density at radius 1 is 1.08 bits per heavy atom. The van der Waals surface area contributed by atoms with Crippen molar-refractivity contribution in [2.45, 2.75) is 13.0 Å². The van der Waals surface area contributed by atoms with E-state index in [0.717, 1.165) is 5.56 Å². The zero-order valence-electron chi connectivity index (χ0n) is 13.5. The van der Waals surface area contributed by atoms with Crippen LogP contribution >= 0.6 is 23.2 Å². The Morgan fingerprint density at radius 3 is 2.44 bits per heavy atom. The molecule has 25 heavy (non-hydrogen) atoms. The lowest BCUT2D eigenvalue weighted by Crippen LogP contribution is -2.32. The fourth-order valence-electron chi connectivity index (χ4n) is 2.22. The van der Waals surface area contributed by atoms with Crippen molar-refractivity contribution in [3.8, 4) is 0 Å². The van der Waals surface area contributed by atoms with Crippen molar-refractivity contribution >= 4 is 41.1 Å². The highest BCUT2D eigenvalue weighted by Gasteiger charge is 2.12. The minimum atomic E-state index is -0.449. The number of amides is 2. The minimum Gasteiger partial charge on any atom is -0.370 e. The molecule has 0 aliphatic rings. The van der Waals surface area contributed by atoms with E-state index in [1.807, 2.05) is 30.3 Å². The Kier molecular flexibility index (Phi) is 7.04. The van der Waals surface area contributed by atoms with Crippen molar-refractivity contribution in [1.82, 2.24) is 4.90 Å². The lowest BCUT2D eigenvalue weighted by molar-refractivity contribution is -0.127. The van der Waals surface area contributed by atoms with E-state index in [-0.39, 0.29) is 18.9 Å². The van der Waals surface area contributed by atoms with Crippen molar-refractivity contribution in [3.05, 3.63) is 75.8 Å². The molecule has 0 radical (unpaired) electrons. The molecule has 2 aromatic carbocycles.